The summed E-state index contributed by atoms with van der Waals surface area (Å²) < 4.78 is 5.39. The standard InChI is InChI=1S/C14H18N2O3/c1-10(17)11-4-5-13-12(8-11)16(7-6-15(2)3)14(18)9-19-13/h4-5,8H,6-7,9H2,1-3H3. The van der Waals surface area contributed by atoms with Crippen LogP contribution in [0.5, 0.6) is 5.75 Å². The lowest BCUT2D eigenvalue weighted by molar-refractivity contribution is -0.121. The Kier molecular flexibility index (Phi) is 3.85. The van der Waals surface area contributed by atoms with Gasteiger partial charge in [0.25, 0.3) is 5.91 Å². The van der Waals surface area contributed by atoms with Crippen LogP contribution in [0.4, 0.5) is 5.69 Å². The topological polar surface area (TPSA) is 49.9 Å². The summed E-state index contributed by atoms with van der Waals surface area (Å²) in [6.07, 6.45) is 0. The van der Waals surface area contributed by atoms with E-state index in [1.165, 1.54) is 6.92 Å². The van der Waals surface area contributed by atoms with Crippen LogP contribution in [-0.4, -0.2) is 50.4 Å². The van der Waals surface area contributed by atoms with Gasteiger partial charge in [-0.1, -0.05) is 0 Å². The molecule has 0 aliphatic carbocycles. The highest BCUT2D eigenvalue weighted by molar-refractivity contribution is 6.01. The molecule has 102 valence electrons. The fourth-order valence-electron chi connectivity index (χ4n) is 1.97. The summed E-state index contributed by atoms with van der Waals surface area (Å²) in [5.41, 5.74) is 1.28. The van der Waals surface area contributed by atoms with E-state index in [2.05, 4.69) is 0 Å². The van der Waals surface area contributed by atoms with Crippen LogP contribution in [0, 0.1) is 0 Å². The molecule has 0 unspecified atom stereocenters. The van der Waals surface area contributed by atoms with E-state index in [-0.39, 0.29) is 18.3 Å². The lowest BCUT2D eigenvalue weighted by atomic mass is 10.1. The van der Waals surface area contributed by atoms with E-state index in [9.17, 15) is 9.59 Å². The second-order valence-electron chi connectivity index (χ2n) is 4.88. The first-order valence-electron chi connectivity index (χ1n) is 6.22. The van der Waals surface area contributed by atoms with E-state index >= 15 is 0 Å². The van der Waals surface area contributed by atoms with E-state index < -0.39 is 0 Å². The van der Waals surface area contributed by atoms with Gasteiger partial charge in [-0.05, 0) is 39.2 Å². The third-order valence-electron chi connectivity index (χ3n) is 3.08. The third kappa shape index (κ3) is 2.93. The van der Waals surface area contributed by atoms with Gasteiger partial charge in [-0.2, -0.15) is 0 Å². The van der Waals surface area contributed by atoms with Crippen molar-refractivity contribution in [3.63, 3.8) is 0 Å². The fourth-order valence-corrected chi connectivity index (χ4v) is 1.97. The maximum absolute atomic E-state index is 11.9. The summed E-state index contributed by atoms with van der Waals surface area (Å²) >= 11 is 0. The molecule has 1 aliphatic rings. The maximum Gasteiger partial charge on any atom is 0.265 e. The minimum atomic E-state index is -0.0740. The number of benzene rings is 1. The molecular weight excluding hydrogens is 244 g/mol. The van der Waals surface area contributed by atoms with Crippen LogP contribution in [-0.2, 0) is 4.79 Å². The summed E-state index contributed by atoms with van der Waals surface area (Å²) in [7, 11) is 3.91. The number of ether oxygens (including phenoxy) is 1. The van der Waals surface area contributed by atoms with E-state index in [1.54, 1.807) is 23.1 Å². The number of ketones is 1. The van der Waals surface area contributed by atoms with E-state index in [0.29, 0.717) is 23.5 Å². The maximum atomic E-state index is 11.9. The minimum Gasteiger partial charge on any atom is -0.482 e. The van der Waals surface area contributed by atoms with Gasteiger partial charge in [0, 0.05) is 18.7 Å². The van der Waals surface area contributed by atoms with Gasteiger partial charge in [0.05, 0.1) is 5.69 Å². The van der Waals surface area contributed by atoms with Crippen LogP contribution >= 0.6 is 0 Å². The first kappa shape index (κ1) is 13.5. The van der Waals surface area contributed by atoms with Crippen LogP contribution in [0.1, 0.15) is 17.3 Å². The predicted molar refractivity (Wildman–Crippen MR) is 72.8 cm³/mol. The van der Waals surface area contributed by atoms with E-state index in [0.717, 1.165) is 6.54 Å². The van der Waals surface area contributed by atoms with Crippen molar-refractivity contribution >= 4 is 17.4 Å². The quantitative estimate of drug-likeness (QED) is 0.764. The van der Waals surface area contributed by atoms with Crippen molar-refractivity contribution in [2.45, 2.75) is 6.92 Å². The minimum absolute atomic E-state index is 0.0200. The fraction of sp³-hybridized carbons (Fsp3) is 0.429. The third-order valence-corrected chi connectivity index (χ3v) is 3.08. The molecule has 2 rings (SSSR count). The Morgan fingerprint density at radius 3 is 2.79 bits per heavy atom. The zero-order valence-corrected chi connectivity index (χ0v) is 11.5. The molecule has 1 aliphatic heterocycles. The van der Waals surface area contributed by atoms with Crippen LogP contribution in [0.25, 0.3) is 0 Å². The largest absolute Gasteiger partial charge is 0.482 e. The van der Waals surface area contributed by atoms with Crippen LogP contribution in [0.3, 0.4) is 0 Å². The van der Waals surface area contributed by atoms with Crippen molar-refractivity contribution in [1.82, 2.24) is 4.90 Å². The summed E-state index contributed by atoms with van der Waals surface area (Å²) in [6, 6.07) is 5.20. The number of hydrogen-bond donors (Lipinski definition) is 0. The monoisotopic (exact) mass is 262 g/mol. The Morgan fingerprint density at radius 2 is 2.16 bits per heavy atom. The molecule has 1 heterocycles. The Morgan fingerprint density at radius 1 is 1.42 bits per heavy atom. The first-order valence-corrected chi connectivity index (χ1v) is 6.22. The summed E-state index contributed by atoms with van der Waals surface area (Å²) in [6.45, 7) is 2.91. The summed E-state index contributed by atoms with van der Waals surface area (Å²) in [4.78, 5) is 27.1. The van der Waals surface area contributed by atoms with Gasteiger partial charge >= 0.3 is 0 Å². The van der Waals surface area contributed by atoms with Gasteiger partial charge in [0.2, 0.25) is 0 Å². The molecule has 0 radical (unpaired) electrons. The molecular formula is C14H18N2O3. The lowest BCUT2D eigenvalue weighted by Gasteiger charge is -2.30. The predicted octanol–water partition coefficient (Wildman–Crippen LogP) is 1.18. The van der Waals surface area contributed by atoms with Gasteiger partial charge in [-0.15, -0.1) is 0 Å². The summed E-state index contributed by atoms with van der Waals surface area (Å²) in [5.74, 6) is 0.562. The molecule has 0 aromatic heterocycles. The molecule has 0 N–H and O–H groups in total. The second-order valence-corrected chi connectivity index (χ2v) is 4.88. The lowest BCUT2D eigenvalue weighted by Crippen LogP contribution is -2.42. The molecule has 1 aromatic rings. The molecule has 1 aromatic carbocycles. The van der Waals surface area contributed by atoms with Gasteiger partial charge < -0.3 is 14.5 Å². The highest BCUT2D eigenvalue weighted by atomic mass is 16.5. The van der Waals surface area contributed by atoms with Gasteiger partial charge in [0.15, 0.2) is 12.4 Å². The number of carbonyl (C=O) groups excluding carboxylic acids is 2. The van der Waals surface area contributed by atoms with Crippen LogP contribution < -0.4 is 9.64 Å². The Labute approximate surface area is 112 Å². The number of amides is 1. The molecule has 19 heavy (non-hydrogen) atoms. The number of Topliss-reactive ketones (excluding diaryl/α,β-unsaturated/α-hetero) is 1. The van der Waals surface area contributed by atoms with Crippen molar-refractivity contribution in [3.05, 3.63) is 23.8 Å². The Bertz CT molecular complexity index is 511. The average Bonchev–Trinajstić information content (AvgIpc) is 2.36. The van der Waals surface area contributed by atoms with Crippen molar-refractivity contribution in [2.75, 3.05) is 38.7 Å². The van der Waals surface area contributed by atoms with E-state index in [4.69, 9.17) is 4.74 Å². The molecule has 5 nitrogen and oxygen atoms in total. The van der Waals surface area contributed by atoms with Crippen molar-refractivity contribution in [2.24, 2.45) is 0 Å². The number of rotatable bonds is 4. The highest BCUT2D eigenvalue weighted by Crippen LogP contribution is 2.32. The number of carbonyl (C=O) groups is 2. The number of fused-ring (bicyclic) bond motifs is 1. The molecule has 5 heteroatoms. The van der Waals surface area contributed by atoms with Crippen molar-refractivity contribution in [1.29, 1.82) is 0 Å². The Balaban J connectivity index is 2.32. The van der Waals surface area contributed by atoms with Crippen molar-refractivity contribution in [3.8, 4) is 5.75 Å². The molecule has 0 saturated heterocycles. The molecule has 0 bridgehead atoms. The van der Waals surface area contributed by atoms with Gasteiger partial charge in [0.1, 0.15) is 5.75 Å². The Hall–Kier alpha value is -1.88. The SMILES string of the molecule is CC(=O)c1ccc2c(c1)N(CCN(C)C)C(=O)CO2. The molecule has 0 atom stereocenters. The smallest absolute Gasteiger partial charge is 0.265 e. The number of likely N-dealkylation sites (N-methyl/N-ethyl adjacent to an activating group) is 1. The molecule has 0 saturated carbocycles. The summed E-state index contributed by atoms with van der Waals surface area (Å²) in [5, 5.41) is 0. The van der Waals surface area contributed by atoms with Gasteiger partial charge in [-0.25, -0.2) is 0 Å². The normalized spacial score (nSPS) is 14.3. The number of nitrogens with zero attached hydrogens (tertiary/aromatic N) is 2. The number of hydrogen-bond acceptors (Lipinski definition) is 4. The zero-order chi connectivity index (χ0) is 14.0. The average molecular weight is 262 g/mol. The molecule has 0 fully saturated rings. The van der Waals surface area contributed by atoms with Crippen LogP contribution in [0.2, 0.25) is 0 Å². The van der Waals surface area contributed by atoms with E-state index in [1.807, 2.05) is 19.0 Å². The second kappa shape index (κ2) is 5.40. The molecule has 1 amide bonds. The van der Waals surface area contributed by atoms with Crippen LogP contribution in [0.15, 0.2) is 18.2 Å². The zero-order valence-electron chi connectivity index (χ0n) is 11.5. The number of anilines is 1. The van der Waals surface area contributed by atoms with Crippen molar-refractivity contribution < 1.29 is 14.3 Å². The highest BCUT2D eigenvalue weighted by Gasteiger charge is 2.25. The molecule has 0 spiro atoms. The van der Waals surface area contributed by atoms with Gasteiger partial charge in [-0.3, -0.25) is 9.59 Å². The first-order chi connectivity index (χ1) is 8.99.